The van der Waals surface area contributed by atoms with Crippen LogP contribution in [0.3, 0.4) is 0 Å². The SMILES string of the molecule is CCN(C(=O)c1cnc(NCC(C)C)cn1)c1ccccc1. The van der Waals surface area contributed by atoms with Crippen molar-refractivity contribution < 1.29 is 4.79 Å². The van der Waals surface area contributed by atoms with Gasteiger partial charge in [0.1, 0.15) is 11.5 Å². The van der Waals surface area contributed by atoms with Crippen LogP contribution in [0.4, 0.5) is 11.5 Å². The largest absolute Gasteiger partial charge is 0.369 e. The molecule has 0 atom stereocenters. The number of amides is 1. The quantitative estimate of drug-likeness (QED) is 0.889. The van der Waals surface area contributed by atoms with Crippen LogP contribution >= 0.6 is 0 Å². The van der Waals surface area contributed by atoms with Gasteiger partial charge < -0.3 is 10.2 Å². The molecule has 0 radical (unpaired) electrons. The zero-order valence-corrected chi connectivity index (χ0v) is 13.3. The van der Waals surface area contributed by atoms with E-state index in [4.69, 9.17) is 0 Å². The van der Waals surface area contributed by atoms with Crippen LogP contribution in [-0.2, 0) is 0 Å². The molecule has 1 amide bonds. The Hall–Kier alpha value is -2.43. The van der Waals surface area contributed by atoms with Gasteiger partial charge in [-0.15, -0.1) is 0 Å². The van der Waals surface area contributed by atoms with Gasteiger partial charge in [0.05, 0.1) is 12.4 Å². The maximum atomic E-state index is 12.6. The van der Waals surface area contributed by atoms with Crippen molar-refractivity contribution in [1.29, 1.82) is 0 Å². The van der Waals surface area contributed by atoms with E-state index in [-0.39, 0.29) is 5.91 Å². The molecule has 0 aliphatic rings. The van der Waals surface area contributed by atoms with Crippen molar-refractivity contribution in [3.63, 3.8) is 0 Å². The topological polar surface area (TPSA) is 58.1 Å². The molecule has 2 aromatic rings. The molecule has 0 saturated carbocycles. The summed E-state index contributed by atoms with van der Waals surface area (Å²) in [5.74, 6) is 1.07. The Labute approximate surface area is 131 Å². The number of aromatic nitrogens is 2. The Bertz CT molecular complexity index is 596. The van der Waals surface area contributed by atoms with E-state index in [1.807, 2.05) is 37.3 Å². The maximum Gasteiger partial charge on any atom is 0.278 e. The molecule has 1 N–H and O–H groups in total. The Kier molecular flexibility index (Phi) is 5.47. The van der Waals surface area contributed by atoms with E-state index < -0.39 is 0 Å². The number of nitrogens with zero attached hydrogens (tertiary/aromatic N) is 3. The molecule has 0 spiro atoms. The lowest BCUT2D eigenvalue weighted by molar-refractivity contribution is 0.0983. The smallest absolute Gasteiger partial charge is 0.278 e. The minimum atomic E-state index is -0.142. The number of carbonyl (C=O) groups is 1. The predicted molar refractivity (Wildman–Crippen MR) is 89.2 cm³/mol. The second kappa shape index (κ2) is 7.54. The van der Waals surface area contributed by atoms with Crippen molar-refractivity contribution in [2.45, 2.75) is 20.8 Å². The summed E-state index contributed by atoms with van der Waals surface area (Å²) in [5.41, 5.74) is 1.21. The Morgan fingerprint density at radius 3 is 2.45 bits per heavy atom. The molecule has 116 valence electrons. The van der Waals surface area contributed by atoms with Gasteiger partial charge in [0, 0.05) is 18.8 Å². The normalized spacial score (nSPS) is 10.5. The van der Waals surface area contributed by atoms with E-state index >= 15 is 0 Å². The molecule has 5 heteroatoms. The highest BCUT2D eigenvalue weighted by molar-refractivity contribution is 6.04. The second-order valence-electron chi connectivity index (χ2n) is 5.45. The Balaban J connectivity index is 2.11. The summed E-state index contributed by atoms with van der Waals surface area (Å²) < 4.78 is 0. The van der Waals surface area contributed by atoms with Gasteiger partial charge in [-0.05, 0) is 25.0 Å². The van der Waals surface area contributed by atoms with Crippen LogP contribution in [-0.4, -0.2) is 29.0 Å². The first-order valence-corrected chi connectivity index (χ1v) is 7.54. The van der Waals surface area contributed by atoms with Crippen molar-refractivity contribution in [2.24, 2.45) is 5.92 Å². The molecule has 22 heavy (non-hydrogen) atoms. The summed E-state index contributed by atoms with van der Waals surface area (Å²) in [6, 6.07) is 9.57. The maximum absolute atomic E-state index is 12.6. The molecule has 0 unspecified atom stereocenters. The minimum absolute atomic E-state index is 0.142. The standard InChI is InChI=1S/C17H22N4O/c1-4-21(14-8-6-5-7-9-14)17(22)15-11-20-16(12-18-15)19-10-13(2)3/h5-9,11-13H,4,10H2,1-3H3,(H,19,20). The number of anilines is 2. The zero-order chi connectivity index (χ0) is 15.9. The summed E-state index contributed by atoms with van der Waals surface area (Å²) in [5, 5.41) is 3.19. The highest BCUT2D eigenvalue weighted by Crippen LogP contribution is 2.15. The second-order valence-corrected chi connectivity index (χ2v) is 5.45. The number of rotatable bonds is 6. The predicted octanol–water partition coefficient (Wildman–Crippen LogP) is 3.21. The van der Waals surface area contributed by atoms with Gasteiger partial charge in [0.15, 0.2) is 0 Å². The summed E-state index contributed by atoms with van der Waals surface area (Å²) in [7, 11) is 0. The van der Waals surface area contributed by atoms with Crippen LogP contribution in [0.5, 0.6) is 0 Å². The molecule has 1 aromatic heterocycles. The number of para-hydroxylation sites is 1. The van der Waals surface area contributed by atoms with E-state index in [2.05, 4.69) is 29.1 Å². The zero-order valence-electron chi connectivity index (χ0n) is 13.3. The first-order valence-electron chi connectivity index (χ1n) is 7.54. The van der Waals surface area contributed by atoms with Crippen molar-refractivity contribution in [1.82, 2.24) is 9.97 Å². The molecule has 1 aromatic carbocycles. The van der Waals surface area contributed by atoms with Crippen LogP contribution in [0, 0.1) is 5.92 Å². The van der Waals surface area contributed by atoms with E-state index in [1.165, 1.54) is 6.20 Å². The molecule has 1 heterocycles. The third-order valence-electron chi connectivity index (χ3n) is 3.19. The summed E-state index contributed by atoms with van der Waals surface area (Å²) in [6.45, 7) is 7.59. The third-order valence-corrected chi connectivity index (χ3v) is 3.19. The Morgan fingerprint density at radius 1 is 1.18 bits per heavy atom. The first kappa shape index (κ1) is 15.9. The highest BCUT2D eigenvalue weighted by atomic mass is 16.2. The van der Waals surface area contributed by atoms with Crippen molar-refractivity contribution in [2.75, 3.05) is 23.3 Å². The first-order chi connectivity index (χ1) is 10.6. The molecule has 5 nitrogen and oxygen atoms in total. The number of benzene rings is 1. The Morgan fingerprint density at radius 2 is 1.91 bits per heavy atom. The van der Waals surface area contributed by atoms with Gasteiger partial charge in [-0.1, -0.05) is 32.0 Å². The molecule has 0 aliphatic carbocycles. The molecule has 0 fully saturated rings. The van der Waals surface area contributed by atoms with Crippen LogP contribution in [0.1, 0.15) is 31.3 Å². The molecule has 0 bridgehead atoms. The number of hydrogen-bond donors (Lipinski definition) is 1. The van der Waals surface area contributed by atoms with Gasteiger partial charge >= 0.3 is 0 Å². The molecule has 0 aliphatic heterocycles. The van der Waals surface area contributed by atoms with Crippen molar-refractivity contribution >= 4 is 17.4 Å². The summed E-state index contributed by atoms with van der Waals surface area (Å²) in [6.07, 6.45) is 3.13. The van der Waals surface area contributed by atoms with Gasteiger partial charge in [0.25, 0.3) is 5.91 Å². The van der Waals surface area contributed by atoms with Crippen LogP contribution in [0.25, 0.3) is 0 Å². The summed E-state index contributed by atoms with van der Waals surface area (Å²) >= 11 is 0. The monoisotopic (exact) mass is 298 g/mol. The molecule has 2 rings (SSSR count). The highest BCUT2D eigenvalue weighted by Gasteiger charge is 2.17. The lowest BCUT2D eigenvalue weighted by Crippen LogP contribution is -2.31. The fourth-order valence-corrected chi connectivity index (χ4v) is 2.03. The number of carbonyl (C=O) groups excluding carboxylic acids is 1. The summed E-state index contributed by atoms with van der Waals surface area (Å²) in [4.78, 5) is 22.7. The van der Waals surface area contributed by atoms with Crippen molar-refractivity contribution in [3.05, 3.63) is 48.4 Å². The third kappa shape index (κ3) is 4.04. The van der Waals surface area contributed by atoms with Crippen LogP contribution < -0.4 is 10.2 Å². The van der Waals surface area contributed by atoms with E-state index in [0.29, 0.717) is 24.0 Å². The van der Waals surface area contributed by atoms with Gasteiger partial charge in [-0.3, -0.25) is 4.79 Å². The molecule has 0 saturated heterocycles. The molecular weight excluding hydrogens is 276 g/mol. The van der Waals surface area contributed by atoms with E-state index in [9.17, 15) is 4.79 Å². The fourth-order valence-electron chi connectivity index (χ4n) is 2.03. The number of nitrogens with one attached hydrogen (secondary N) is 1. The van der Waals surface area contributed by atoms with E-state index in [1.54, 1.807) is 11.1 Å². The fraction of sp³-hybridized carbons (Fsp3) is 0.353. The van der Waals surface area contributed by atoms with Gasteiger partial charge in [-0.2, -0.15) is 0 Å². The lowest BCUT2D eigenvalue weighted by atomic mass is 10.2. The van der Waals surface area contributed by atoms with Gasteiger partial charge in [0.2, 0.25) is 0 Å². The van der Waals surface area contributed by atoms with Crippen LogP contribution in [0.2, 0.25) is 0 Å². The van der Waals surface area contributed by atoms with Crippen molar-refractivity contribution in [3.8, 4) is 0 Å². The van der Waals surface area contributed by atoms with E-state index in [0.717, 1.165) is 12.2 Å². The minimum Gasteiger partial charge on any atom is -0.369 e. The number of hydrogen-bond acceptors (Lipinski definition) is 4. The average molecular weight is 298 g/mol. The molecular formula is C17H22N4O. The van der Waals surface area contributed by atoms with Crippen LogP contribution in [0.15, 0.2) is 42.7 Å². The van der Waals surface area contributed by atoms with Gasteiger partial charge in [-0.25, -0.2) is 9.97 Å². The average Bonchev–Trinajstić information content (AvgIpc) is 2.55. The lowest BCUT2D eigenvalue weighted by Gasteiger charge is -2.20.